The fourth-order valence-electron chi connectivity index (χ4n) is 1.85. The van der Waals surface area contributed by atoms with Gasteiger partial charge in [-0.3, -0.25) is 4.79 Å². The number of aromatic nitrogens is 1. The summed E-state index contributed by atoms with van der Waals surface area (Å²) in [6.45, 7) is 8.77. The van der Waals surface area contributed by atoms with E-state index in [1.54, 1.807) is 11.3 Å². The van der Waals surface area contributed by atoms with Gasteiger partial charge < -0.3 is 11.1 Å². The van der Waals surface area contributed by atoms with E-state index in [0.717, 1.165) is 23.5 Å². The molecule has 0 spiro atoms. The molecule has 0 aromatic carbocycles. The number of hydrogen-bond donors (Lipinski definition) is 2. The highest BCUT2D eigenvalue weighted by Gasteiger charge is 2.14. The maximum Gasteiger partial charge on any atom is 0.236 e. The molecule has 1 aromatic rings. The summed E-state index contributed by atoms with van der Waals surface area (Å²) < 4.78 is 0. The lowest BCUT2D eigenvalue weighted by atomic mass is 10.0. The molecule has 0 saturated carbocycles. The Morgan fingerprint density at radius 1 is 1.44 bits per heavy atom. The van der Waals surface area contributed by atoms with Gasteiger partial charge in [0.2, 0.25) is 5.91 Å². The van der Waals surface area contributed by atoms with Crippen molar-refractivity contribution in [3.8, 4) is 0 Å². The Labute approximate surface area is 113 Å². The minimum Gasteiger partial charge on any atom is -0.354 e. The number of rotatable bonds is 6. The maximum atomic E-state index is 11.7. The SMILES string of the molecule is Cc1nc(C)c(CCNC(=O)[C@@H](N)CC(C)C)s1. The zero-order chi connectivity index (χ0) is 13.7. The van der Waals surface area contributed by atoms with Gasteiger partial charge in [0.15, 0.2) is 0 Å². The Morgan fingerprint density at radius 2 is 2.11 bits per heavy atom. The second-order valence-corrected chi connectivity index (χ2v) is 6.31. The summed E-state index contributed by atoms with van der Waals surface area (Å²) in [6.07, 6.45) is 1.56. The Hall–Kier alpha value is -0.940. The normalized spacial score (nSPS) is 12.8. The molecule has 1 heterocycles. The van der Waals surface area contributed by atoms with Crippen LogP contribution in [-0.4, -0.2) is 23.5 Å². The van der Waals surface area contributed by atoms with Gasteiger partial charge in [-0.2, -0.15) is 0 Å². The summed E-state index contributed by atoms with van der Waals surface area (Å²) in [5, 5.41) is 3.96. The number of amides is 1. The van der Waals surface area contributed by atoms with Crippen molar-refractivity contribution in [2.45, 2.75) is 46.6 Å². The van der Waals surface area contributed by atoms with Gasteiger partial charge in [-0.05, 0) is 26.2 Å². The van der Waals surface area contributed by atoms with Crippen molar-refractivity contribution < 1.29 is 4.79 Å². The molecule has 1 atom stereocenters. The summed E-state index contributed by atoms with van der Waals surface area (Å²) in [4.78, 5) is 17.3. The van der Waals surface area contributed by atoms with E-state index in [1.807, 2.05) is 13.8 Å². The number of thiazole rings is 1. The van der Waals surface area contributed by atoms with Crippen LogP contribution in [0.15, 0.2) is 0 Å². The minimum absolute atomic E-state index is 0.0532. The number of nitrogens with zero attached hydrogens (tertiary/aromatic N) is 1. The third kappa shape index (κ3) is 4.74. The summed E-state index contributed by atoms with van der Waals surface area (Å²) in [6, 6.07) is -0.394. The molecule has 1 aromatic heterocycles. The third-order valence-electron chi connectivity index (χ3n) is 2.71. The van der Waals surface area contributed by atoms with Crippen LogP contribution in [0.4, 0.5) is 0 Å². The smallest absolute Gasteiger partial charge is 0.236 e. The van der Waals surface area contributed by atoms with Crippen LogP contribution in [0, 0.1) is 19.8 Å². The molecule has 0 saturated heterocycles. The topological polar surface area (TPSA) is 68.0 Å². The monoisotopic (exact) mass is 269 g/mol. The largest absolute Gasteiger partial charge is 0.354 e. The van der Waals surface area contributed by atoms with Gasteiger partial charge in [0.25, 0.3) is 0 Å². The van der Waals surface area contributed by atoms with Crippen LogP contribution in [0.25, 0.3) is 0 Å². The minimum atomic E-state index is -0.394. The van der Waals surface area contributed by atoms with E-state index in [1.165, 1.54) is 4.88 Å². The molecule has 0 aliphatic heterocycles. The van der Waals surface area contributed by atoms with Crippen LogP contribution in [-0.2, 0) is 11.2 Å². The first-order chi connectivity index (χ1) is 8.40. The summed E-state index contributed by atoms with van der Waals surface area (Å²) in [7, 11) is 0. The van der Waals surface area contributed by atoms with Gasteiger partial charge in [-0.1, -0.05) is 13.8 Å². The lowest BCUT2D eigenvalue weighted by Crippen LogP contribution is -2.42. The highest BCUT2D eigenvalue weighted by atomic mass is 32.1. The Bertz CT molecular complexity index is 401. The van der Waals surface area contributed by atoms with E-state index in [-0.39, 0.29) is 5.91 Å². The van der Waals surface area contributed by atoms with Crippen LogP contribution in [0.1, 0.15) is 35.8 Å². The van der Waals surface area contributed by atoms with E-state index in [2.05, 4.69) is 24.1 Å². The molecule has 102 valence electrons. The number of nitrogens with one attached hydrogen (secondary N) is 1. The Kier molecular flexibility index (Phi) is 5.75. The fraction of sp³-hybridized carbons (Fsp3) is 0.692. The first-order valence-electron chi connectivity index (χ1n) is 6.36. The first-order valence-corrected chi connectivity index (χ1v) is 7.18. The van der Waals surface area contributed by atoms with Gasteiger partial charge in [-0.25, -0.2) is 4.98 Å². The van der Waals surface area contributed by atoms with Crippen LogP contribution in [0.5, 0.6) is 0 Å². The molecule has 0 radical (unpaired) electrons. The van der Waals surface area contributed by atoms with Gasteiger partial charge in [0, 0.05) is 17.8 Å². The zero-order valence-electron chi connectivity index (χ0n) is 11.6. The van der Waals surface area contributed by atoms with Crippen LogP contribution >= 0.6 is 11.3 Å². The van der Waals surface area contributed by atoms with Gasteiger partial charge in [0.05, 0.1) is 16.7 Å². The molecule has 5 heteroatoms. The van der Waals surface area contributed by atoms with E-state index < -0.39 is 6.04 Å². The second kappa shape index (κ2) is 6.85. The van der Waals surface area contributed by atoms with Gasteiger partial charge in [0.1, 0.15) is 0 Å². The molecule has 0 unspecified atom stereocenters. The van der Waals surface area contributed by atoms with Crippen molar-refractivity contribution in [3.63, 3.8) is 0 Å². The van der Waals surface area contributed by atoms with E-state index >= 15 is 0 Å². The molecule has 0 fully saturated rings. The molecule has 4 nitrogen and oxygen atoms in total. The average Bonchev–Trinajstić information content (AvgIpc) is 2.56. The molecule has 0 aliphatic rings. The summed E-state index contributed by atoms with van der Waals surface area (Å²) in [5.41, 5.74) is 6.88. The van der Waals surface area contributed by atoms with E-state index in [9.17, 15) is 4.79 Å². The highest BCUT2D eigenvalue weighted by molar-refractivity contribution is 7.11. The number of nitrogens with two attached hydrogens (primary N) is 1. The zero-order valence-corrected chi connectivity index (χ0v) is 12.4. The van der Waals surface area contributed by atoms with Crippen molar-refractivity contribution in [2.75, 3.05) is 6.54 Å². The Morgan fingerprint density at radius 3 is 2.61 bits per heavy atom. The summed E-state index contributed by atoms with van der Waals surface area (Å²) in [5.74, 6) is 0.389. The average molecular weight is 269 g/mol. The lowest BCUT2D eigenvalue weighted by Gasteiger charge is -2.13. The molecule has 18 heavy (non-hydrogen) atoms. The maximum absolute atomic E-state index is 11.7. The van der Waals surface area contributed by atoms with Crippen molar-refractivity contribution in [2.24, 2.45) is 11.7 Å². The second-order valence-electron chi connectivity index (χ2n) is 5.02. The quantitative estimate of drug-likeness (QED) is 0.827. The van der Waals surface area contributed by atoms with Crippen LogP contribution in [0.3, 0.4) is 0 Å². The van der Waals surface area contributed by atoms with Crippen molar-refractivity contribution >= 4 is 17.2 Å². The molecule has 0 aliphatic carbocycles. The predicted octanol–water partition coefficient (Wildman–Crippen LogP) is 1.79. The standard InChI is InChI=1S/C13H23N3OS/c1-8(2)7-11(14)13(17)15-6-5-12-9(3)16-10(4)18-12/h8,11H,5-7,14H2,1-4H3,(H,15,17)/t11-/m0/s1. The summed E-state index contributed by atoms with van der Waals surface area (Å²) >= 11 is 1.69. The first kappa shape index (κ1) is 15.1. The van der Waals surface area contributed by atoms with Crippen molar-refractivity contribution in [3.05, 3.63) is 15.6 Å². The number of carbonyl (C=O) groups is 1. The number of hydrogen-bond acceptors (Lipinski definition) is 4. The third-order valence-corrected chi connectivity index (χ3v) is 3.85. The van der Waals surface area contributed by atoms with E-state index in [0.29, 0.717) is 12.5 Å². The lowest BCUT2D eigenvalue weighted by molar-refractivity contribution is -0.122. The molecule has 1 amide bonds. The molecule has 3 N–H and O–H groups in total. The molecule has 1 rings (SSSR count). The highest BCUT2D eigenvalue weighted by Crippen LogP contribution is 2.17. The molecule has 0 bridgehead atoms. The predicted molar refractivity (Wildman–Crippen MR) is 75.7 cm³/mol. The van der Waals surface area contributed by atoms with Gasteiger partial charge in [-0.15, -0.1) is 11.3 Å². The van der Waals surface area contributed by atoms with Crippen LogP contribution < -0.4 is 11.1 Å². The Balaban J connectivity index is 2.33. The van der Waals surface area contributed by atoms with Crippen molar-refractivity contribution in [1.82, 2.24) is 10.3 Å². The molecular weight excluding hydrogens is 246 g/mol. The van der Waals surface area contributed by atoms with Gasteiger partial charge >= 0.3 is 0 Å². The van der Waals surface area contributed by atoms with Crippen LogP contribution in [0.2, 0.25) is 0 Å². The van der Waals surface area contributed by atoms with Crippen molar-refractivity contribution in [1.29, 1.82) is 0 Å². The van der Waals surface area contributed by atoms with E-state index in [4.69, 9.17) is 5.73 Å². The fourth-order valence-corrected chi connectivity index (χ4v) is 2.79. The number of aryl methyl sites for hydroxylation is 2. The molecular formula is C13H23N3OS. The number of carbonyl (C=O) groups excluding carboxylic acids is 1.